The first-order valence-corrected chi connectivity index (χ1v) is 17.3. The Balaban J connectivity index is 1.12. The summed E-state index contributed by atoms with van der Waals surface area (Å²) >= 11 is 0. The Morgan fingerprint density at radius 1 is 0.736 bits per heavy atom. The molecule has 0 atom stereocenters. The summed E-state index contributed by atoms with van der Waals surface area (Å²) in [7, 11) is 0. The second-order valence-corrected chi connectivity index (χ2v) is 13.5. The number of hydrogen-bond donors (Lipinski definition) is 3. The number of carbonyl (C=O) groups excluding carboxylic acids is 2. The van der Waals surface area contributed by atoms with Crippen LogP contribution in [0.5, 0.6) is 0 Å². The lowest BCUT2D eigenvalue weighted by molar-refractivity contribution is -0.141. The zero-order valence-electron chi connectivity index (χ0n) is 28.4. The van der Waals surface area contributed by atoms with Crippen molar-refractivity contribution in [2.75, 3.05) is 13.1 Å². The topological polar surface area (TPSA) is 98.7 Å². The largest absolute Gasteiger partial charge is 0.465 e. The first kappa shape index (κ1) is 37.4. The van der Waals surface area contributed by atoms with Gasteiger partial charge < -0.3 is 20.6 Å². The van der Waals surface area contributed by atoms with Crippen LogP contribution in [0.15, 0.2) is 97.1 Å². The van der Waals surface area contributed by atoms with E-state index in [1.807, 2.05) is 12.1 Å². The fourth-order valence-corrected chi connectivity index (χ4v) is 7.80. The Bertz CT molecular complexity index is 1920. The smallest absolute Gasteiger partial charge is 0.416 e. The summed E-state index contributed by atoms with van der Waals surface area (Å²) in [6.07, 6.45) is -8.23. The van der Waals surface area contributed by atoms with Crippen LogP contribution in [0.25, 0.3) is 22.3 Å². The lowest BCUT2D eigenvalue weighted by Crippen LogP contribution is -2.48. The van der Waals surface area contributed by atoms with Crippen LogP contribution in [0.1, 0.15) is 65.6 Å². The number of carbonyl (C=O) groups is 3. The first-order valence-electron chi connectivity index (χ1n) is 17.3. The molecule has 2 aliphatic carbocycles. The van der Waals surface area contributed by atoms with Gasteiger partial charge in [-0.05, 0) is 90.1 Å². The van der Waals surface area contributed by atoms with E-state index in [0.717, 1.165) is 23.3 Å². The van der Waals surface area contributed by atoms with Gasteiger partial charge in [-0.2, -0.15) is 26.3 Å². The molecule has 3 amide bonds. The summed E-state index contributed by atoms with van der Waals surface area (Å²) in [5.41, 5.74) is 1.58. The zero-order chi connectivity index (χ0) is 38.0. The molecule has 2 aliphatic rings. The van der Waals surface area contributed by atoms with Gasteiger partial charge in [-0.1, -0.05) is 78.9 Å². The van der Waals surface area contributed by atoms with Gasteiger partial charge in [-0.25, -0.2) is 4.79 Å². The van der Waals surface area contributed by atoms with E-state index in [4.69, 9.17) is 0 Å². The van der Waals surface area contributed by atoms with Crippen molar-refractivity contribution >= 4 is 17.9 Å². The highest BCUT2D eigenvalue weighted by molar-refractivity contribution is 6.01. The first-order chi connectivity index (χ1) is 25.2. The second kappa shape index (κ2) is 15.0. The van der Waals surface area contributed by atoms with Crippen LogP contribution in [0.3, 0.4) is 0 Å². The Morgan fingerprint density at radius 3 is 1.83 bits per heavy atom. The van der Waals surface area contributed by atoms with E-state index < -0.39 is 53.8 Å². The molecule has 0 heterocycles. The van der Waals surface area contributed by atoms with E-state index in [1.54, 1.807) is 60.7 Å². The molecule has 1 saturated carbocycles. The number of fused-ring (bicyclic) bond motifs is 3. The van der Waals surface area contributed by atoms with E-state index in [0.29, 0.717) is 53.5 Å². The van der Waals surface area contributed by atoms with Crippen molar-refractivity contribution in [3.63, 3.8) is 0 Å². The molecule has 6 rings (SSSR count). The summed E-state index contributed by atoms with van der Waals surface area (Å²) in [5.74, 6) is -1.20. The highest BCUT2D eigenvalue weighted by atomic mass is 19.4. The summed E-state index contributed by atoms with van der Waals surface area (Å²) in [4.78, 5) is 41.1. The van der Waals surface area contributed by atoms with Gasteiger partial charge in [0.1, 0.15) is 12.0 Å². The Kier molecular flexibility index (Phi) is 10.6. The van der Waals surface area contributed by atoms with Gasteiger partial charge in [0.25, 0.3) is 5.91 Å². The summed E-state index contributed by atoms with van der Waals surface area (Å²) in [6, 6.07) is 24.7. The lowest BCUT2D eigenvalue weighted by atomic mass is 9.73. The van der Waals surface area contributed by atoms with Crippen LogP contribution in [0.2, 0.25) is 0 Å². The normalized spacial score (nSPS) is 17.7. The maximum absolute atomic E-state index is 13.8. The molecule has 0 aromatic heterocycles. The van der Waals surface area contributed by atoms with Crippen LogP contribution in [-0.4, -0.2) is 59.3 Å². The number of rotatable bonds is 10. The molecule has 7 nitrogen and oxygen atoms in total. The molecule has 0 aliphatic heterocycles. The number of halogens is 6. The third-order valence-electron chi connectivity index (χ3n) is 10.3. The highest BCUT2D eigenvalue weighted by Gasteiger charge is 2.49. The third-order valence-corrected chi connectivity index (χ3v) is 10.3. The number of hydrogen-bond acceptors (Lipinski definition) is 3. The van der Waals surface area contributed by atoms with Crippen molar-refractivity contribution in [2.45, 2.75) is 68.4 Å². The fourth-order valence-electron chi connectivity index (χ4n) is 7.80. The van der Waals surface area contributed by atoms with E-state index >= 15 is 0 Å². The number of amides is 3. The van der Waals surface area contributed by atoms with Crippen LogP contribution in [-0.2, 0) is 16.4 Å². The molecule has 53 heavy (non-hydrogen) atoms. The number of nitrogens with one attached hydrogen (secondary N) is 2. The van der Waals surface area contributed by atoms with Crippen molar-refractivity contribution in [1.82, 2.24) is 15.5 Å². The molecule has 0 unspecified atom stereocenters. The molecular weight excluding hydrogens is 700 g/mol. The van der Waals surface area contributed by atoms with Crippen LogP contribution in [0, 0.1) is 0 Å². The summed E-state index contributed by atoms with van der Waals surface area (Å²) in [6.45, 7) is -1.46. The Labute approximate surface area is 302 Å². The minimum Gasteiger partial charge on any atom is -0.465 e. The number of benzene rings is 4. The quantitative estimate of drug-likeness (QED) is 0.142. The minimum atomic E-state index is -4.62. The highest BCUT2D eigenvalue weighted by Crippen LogP contribution is 2.51. The monoisotopic (exact) mass is 737 g/mol. The summed E-state index contributed by atoms with van der Waals surface area (Å²) < 4.78 is 79.0. The Hall–Kier alpha value is -5.33. The molecule has 0 bridgehead atoms. The van der Waals surface area contributed by atoms with Gasteiger partial charge in [0, 0.05) is 24.2 Å². The number of nitrogens with zero attached hydrogens (tertiary/aromatic N) is 1. The molecule has 278 valence electrons. The number of carboxylic acid groups (broad SMARTS) is 1. The van der Waals surface area contributed by atoms with Crippen molar-refractivity contribution in [2.24, 2.45) is 0 Å². The molecule has 3 N–H and O–H groups in total. The average Bonchev–Trinajstić information content (AvgIpc) is 3.42. The molecule has 0 saturated heterocycles. The van der Waals surface area contributed by atoms with Crippen LogP contribution >= 0.6 is 0 Å². The maximum Gasteiger partial charge on any atom is 0.416 e. The third kappa shape index (κ3) is 7.89. The molecular formula is C40H37F6N3O4. The van der Waals surface area contributed by atoms with Crippen LogP contribution in [0.4, 0.5) is 31.1 Å². The lowest BCUT2D eigenvalue weighted by Gasteiger charge is -2.37. The molecule has 4 aromatic rings. The van der Waals surface area contributed by atoms with E-state index in [2.05, 4.69) is 10.6 Å². The SMILES string of the molecule is O=C(NC1CCC(N(CCCC2(C(=O)NCC(F)(F)F)c3ccccc3-c3ccccc32)C(=O)O)CC1)c1ccccc1-c1ccc(C(F)(F)F)cc1. The van der Waals surface area contributed by atoms with Crippen molar-refractivity contribution in [3.8, 4) is 22.3 Å². The molecule has 4 aromatic carbocycles. The second-order valence-electron chi connectivity index (χ2n) is 13.5. The molecule has 0 radical (unpaired) electrons. The van der Waals surface area contributed by atoms with Crippen molar-refractivity contribution in [3.05, 3.63) is 119 Å². The Morgan fingerprint density at radius 2 is 1.28 bits per heavy atom. The molecule has 1 fully saturated rings. The van der Waals surface area contributed by atoms with Gasteiger partial charge in [-0.15, -0.1) is 0 Å². The van der Waals surface area contributed by atoms with Crippen molar-refractivity contribution < 1.29 is 45.8 Å². The van der Waals surface area contributed by atoms with E-state index in [-0.39, 0.29) is 25.4 Å². The maximum atomic E-state index is 13.8. The molecule has 13 heteroatoms. The van der Waals surface area contributed by atoms with Crippen molar-refractivity contribution in [1.29, 1.82) is 0 Å². The van der Waals surface area contributed by atoms with Gasteiger partial charge in [0.15, 0.2) is 0 Å². The van der Waals surface area contributed by atoms with Gasteiger partial charge in [0.2, 0.25) is 5.91 Å². The predicted molar refractivity (Wildman–Crippen MR) is 186 cm³/mol. The predicted octanol–water partition coefficient (Wildman–Crippen LogP) is 8.82. The average molecular weight is 738 g/mol. The molecule has 0 spiro atoms. The van der Waals surface area contributed by atoms with Gasteiger partial charge in [-0.3, -0.25) is 9.59 Å². The zero-order valence-corrected chi connectivity index (χ0v) is 28.4. The van der Waals surface area contributed by atoms with Gasteiger partial charge in [0.05, 0.1) is 5.56 Å². The van der Waals surface area contributed by atoms with Gasteiger partial charge >= 0.3 is 18.4 Å². The van der Waals surface area contributed by atoms with Crippen LogP contribution < -0.4 is 10.6 Å². The standard InChI is InChI=1S/C40H37F6N3O4/c41-39(42,43)24-47-36(51)38(33-12-5-3-9-30(33)31-10-4-6-13-34(31)38)22-7-23-49(37(52)53)28-20-18-27(19-21-28)48-35(50)32-11-2-1-8-29(32)25-14-16-26(17-15-25)40(44,45)46/h1-6,8-17,27-28H,7,18-24H2,(H,47,51)(H,48,50)(H,52,53). The van der Waals surface area contributed by atoms with E-state index in [1.165, 1.54) is 17.0 Å². The fraction of sp³-hybridized carbons (Fsp3) is 0.325. The summed E-state index contributed by atoms with van der Waals surface area (Å²) in [5, 5.41) is 15.3. The minimum absolute atomic E-state index is 0.0379. The number of alkyl halides is 6. The van der Waals surface area contributed by atoms with E-state index in [9.17, 15) is 45.8 Å².